The van der Waals surface area contributed by atoms with E-state index in [9.17, 15) is 0 Å². The van der Waals surface area contributed by atoms with Crippen LogP contribution in [0.1, 0.15) is 0 Å². The van der Waals surface area contributed by atoms with Crippen molar-refractivity contribution >= 4 is 32.8 Å². The molecule has 0 atom stereocenters. The molecule has 0 spiro atoms. The van der Waals surface area contributed by atoms with Gasteiger partial charge in [0.15, 0.2) is 5.58 Å². The molecule has 0 aliphatic rings. The molecule has 41 heavy (non-hydrogen) atoms. The molecule has 0 bridgehead atoms. The molecule has 5 aromatic heterocycles. The average molecular weight is 528 g/mol. The molecule has 0 N–H and O–H groups in total. The Morgan fingerprint density at radius 2 is 1.27 bits per heavy atom. The molecule has 3 aromatic carbocycles. The van der Waals surface area contributed by atoms with Crippen LogP contribution in [0.2, 0.25) is 0 Å². The van der Waals surface area contributed by atoms with Gasteiger partial charge < -0.3 is 4.42 Å². The highest BCUT2D eigenvalue weighted by Crippen LogP contribution is 2.38. The topological polar surface area (TPSA) is 77.6 Å². The summed E-state index contributed by atoms with van der Waals surface area (Å²) in [7, 11) is 0. The highest BCUT2D eigenvalue weighted by atomic mass is 16.3. The zero-order valence-electron chi connectivity index (χ0n) is 21.8. The van der Waals surface area contributed by atoms with Crippen LogP contribution in [0.15, 0.2) is 132 Å². The number of fused-ring (bicyclic) bond motifs is 5. The van der Waals surface area contributed by atoms with Gasteiger partial charge in [0, 0.05) is 39.7 Å². The van der Waals surface area contributed by atoms with Crippen LogP contribution in [0.3, 0.4) is 0 Å². The smallest absolute Gasteiger partial charge is 0.227 e. The number of pyridine rings is 4. The van der Waals surface area contributed by atoms with Crippen molar-refractivity contribution in [2.24, 2.45) is 0 Å². The first-order valence-corrected chi connectivity index (χ1v) is 13.3. The molecule has 0 fully saturated rings. The molecule has 0 saturated heterocycles. The largest absolute Gasteiger partial charge is 0.436 e. The highest BCUT2D eigenvalue weighted by molar-refractivity contribution is 6.20. The summed E-state index contributed by atoms with van der Waals surface area (Å²) >= 11 is 0. The Labute approximate surface area is 235 Å². The van der Waals surface area contributed by atoms with Gasteiger partial charge >= 0.3 is 0 Å². The second kappa shape index (κ2) is 9.47. The van der Waals surface area contributed by atoms with Crippen LogP contribution in [0, 0.1) is 0 Å². The van der Waals surface area contributed by atoms with Crippen LogP contribution in [-0.2, 0) is 0 Å². The summed E-state index contributed by atoms with van der Waals surface area (Å²) in [6.45, 7) is 0. The molecule has 0 saturated carbocycles. The number of nitrogens with zero attached hydrogens (tertiary/aromatic N) is 5. The number of hydrogen-bond acceptors (Lipinski definition) is 6. The van der Waals surface area contributed by atoms with Crippen LogP contribution in [-0.4, -0.2) is 24.9 Å². The molecular formula is C35H21N5O. The van der Waals surface area contributed by atoms with Crippen molar-refractivity contribution in [2.75, 3.05) is 0 Å². The third-order valence-corrected chi connectivity index (χ3v) is 7.22. The Kier molecular flexibility index (Phi) is 5.35. The van der Waals surface area contributed by atoms with Crippen molar-refractivity contribution in [3.8, 4) is 45.5 Å². The Morgan fingerprint density at radius 1 is 0.488 bits per heavy atom. The number of oxazole rings is 1. The second-order valence-electron chi connectivity index (χ2n) is 9.75. The fourth-order valence-corrected chi connectivity index (χ4v) is 5.27. The van der Waals surface area contributed by atoms with Gasteiger partial charge in [0.1, 0.15) is 5.52 Å². The number of aromatic nitrogens is 5. The summed E-state index contributed by atoms with van der Waals surface area (Å²) in [6, 6.07) is 37.9. The van der Waals surface area contributed by atoms with Crippen LogP contribution < -0.4 is 0 Å². The first kappa shape index (κ1) is 23.2. The average Bonchev–Trinajstić information content (AvgIpc) is 3.50. The summed E-state index contributed by atoms with van der Waals surface area (Å²) in [5.74, 6) is 0.599. The van der Waals surface area contributed by atoms with Gasteiger partial charge in [-0.1, -0.05) is 48.5 Å². The van der Waals surface area contributed by atoms with Crippen LogP contribution in [0.25, 0.3) is 78.3 Å². The number of rotatable bonds is 4. The maximum atomic E-state index is 6.21. The first-order chi connectivity index (χ1) is 20.3. The Morgan fingerprint density at radius 3 is 2.07 bits per heavy atom. The molecule has 8 rings (SSSR count). The molecule has 0 unspecified atom stereocenters. The normalized spacial score (nSPS) is 11.4. The lowest BCUT2D eigenvalue weighted by molar-refractivity contribution is 0.620. The predicted molar refractivity (Wildman–Crippen MR) is 162 cm³/mol. The molecule has 0 amide bonds. The molecule has 0 radical (unpaired) electrons. The lowest BCUT2D eigenvalue weighted by atomic mass is 9.99. The van der Waals surface area contributed by atoms with E-state index in [1.165, 1.54) is 0 Å². The minimum Gasteiger partial charge on any atom is -0.436 e. The van der Waals surface area contributed by atoms with E-state index in [4.69, 9.17) is 24.4 Å². The van der Waals surface area contributed by atoms with Gasteiger partial charge in [-0.3, -0.25) is 9.97 Å². The van der Waals surface area contributed by atoms with Crippen LogP contribution in [0.5, 0.6) is 0 Å². The summed E-state index contributed by atoms with van der Waals surface area (Å²) in [5, 5.41) is 3.04. The van der Waals surface area contributed by atoms with Crippen molar-refractivity contribution in [1.29, 1.82) is 0 Å². The van der Waals surface area contributed by atoms with E-state index < -0.39 is 0 Å². The molecular weight excluding hydrogens is 506 g/mol. The van der Waals surface area contributed by atoms with Gasteiger partial charge in [-0.05, 0) is 66.7 Å². The van der Waals surface area contributed by atoms with Crippen LogP contribution in [0.4, 0.5) is 0 Å². The zero-order valence-corrected chi connectivity index (χ0v) is 21.8. The fraction of sp³-hybridized carbons (Fsp3) is 0. The van der Waals surface area contributed by atoms with Crippen molar-refractivity contribution < 1.29 is 4.42 Å². The summed E-state index contributed by atoms with van der Waals surface area (Å²) in [6.07, 6.45) is 3.64. The number of para-hydroxylation sites is 1. The molecule has 192 valence electrons. The maximum absolute atomic E-state index is 6.21. The zero-order chi connectivity index (χ0) is 27.2. The maximum Gasteiger partial charge on any atom is 0.227 e. The Balaban J connectivity index is 1.27. The first-order valence-electron chi connectivity index (χ1n) is 13.3. The third-order valence-electron chi connectivity index (χ3n) is 7.22. The van der Waals surface area contributed by atoms with Gasteiger partial charge in [-0.15, -0.1) is 0 Å². The molecule has 6 heteroatoms. The van der Waals surface area contributed by atoms with Gasteiger partial charge in [-0.25, -0.2) is 15.0 Å². The van der Waals surface area contributed by atoms with Crippen molar-refractivity contribution in [2.45, 2.75) is 0 Å². The lowest BCUT2D eigenvalue weighted by Gasteiger charge is -2.11. The van der Waals surface area contributed by atoms with E-state index in [0.29, 0.717) is 5.89 Å². The van der Waals surface area contributed by atoms with Gasteiger partial charge in [0.05, 0.1) is 34.0 Å². The van der Waals surface area contributed by atoms with Crippen molar-refractivity contribution in [1.82, 2.24) is 24.9 Å². The fourth-order valence-electron chi connectivity index (χ4n) is 5.27. The van der Waals surface area contributed by atoms with Gasteiger partial charge in [0.2, 0.25) is 5.89 Å². The molecule has 5 heterocycles. The van der Waals surface area contributed by atoms with E-state index in [1.807, 2.05) is 103 Å². The van der Waals surface area contributed by atoms with E-state index in [0.717, 1.165) is 72.4 Å². The standard InChI is InChI=1S/C35H21N5O/c1-2-9-22(10-3-1)35-40-34-31(41-35)19-17-25-32(34)24-11-4-5-12-26(24)39-33(25)23-16-18-28(37-21-23)30-15-8-14-29(38-30)27-13-6-7-20-36-27/h1-21H. The second-order valence-corrected chi connectivity index (χ2v) is 9.75. The van der Waals surface area contributed by atoms with Crippen LogP contribution >= 0.6 is 0 Å². The van der Waals surface area contributed by atoms with Gasteiger partial charge in [-0.2, -0.15) is 0 Å². The monoisotopic (exact) mass is 527 g/mol. The SMILES string of the molecule is c1ccc(-c2nc3c(ccc4c(-c5ccc(-c6cccc(-c7ccccn7)n6)nc5)nc5ccccc5c43)o2)cc1. The van der Waals surface area contributed by atoms with Crippen molar-refractivity contribution in [3.05, 3.63) is 128 Å². The molecule has 6 nitrogen and oxygen atoms in total. The Hall–Kier alpha value is -5.75. The number of hydrogen-bond donors (Lipinski definition) is 0. The Bertz CT molecular complexity index is 2190. The molecule has 0 aliphatic carbocycles. The molecule has 0 aliphatic heterocycles. The number of benzene rings is 3. The third kappa shape index (κ3) is 4.01. The van der Waals surface area contributed by atoms with Crippen molar-refractivity contribution in [3.63, 3.8) is 0 Å². The van der Waals surface area contributed by atoms with E-state index in [-0.39, 0.29) is 0 Å². The summed E-state index contributed by atoms with van der Waals surface area (Å²) < 4.78 is 6.21. The van der Waals surface area contributed by atoms with Gasteiger partial charge in [0.25, 0.3) is 0 Å². The summed E-state index contributed by atoms with van der Waals surface area (Å²) in [5.41, 5.74) is 8.35. The van der Waals surface area contributed by atoms with E-state index in [1.54, 1.807) is 6.20 Å². The lowest BCUT2D eigenvalue weighted by Crippen LogP contribution is -1.94. The highest BCUT2D eigenvalue weighted by Gasteiger charge is 2.18. The summed E-state index contributed by atoms with van der Waals surface area (Å²) in [4.78, 5) is 24.1. The van der Waals surface area contributed by atoms with E-state index >= 15 is 0 Å². The molecule has 8 aromatic rings. The van der Waals surface area contributed by atoms with E-state index in [2.05, 4.69) is 23.2 Å². The predicted octanol–water partition coefficient (Wildman–Crippen LogP) is 8.38. The minimum absolute atomic E-state index is 0.599. The minimum atomic E-state index is 0.599. The quantitative estimate of drug-likeness (QED) is 0.214.